The van der Waals surface area contributed by atoms with Crippen LogP contribution in [0.1, 0.15) is 5.56 Å². The van der Waals surface area contributed by atoms with Crippen LogP contribution in [0.4, 0.5) is 5.69 Å². The number of benzene rings is 2. The van der Waals surface area contributed by atoms with Gasteiger partial charge in [-0.2, -0.15) is 0 Å². The molecule has 0 spiro atoms. The molecule has 0 fully saturated rings. The Kier molecular flexibility index (Phi) is 3.89. The average Bonchev–Trinajstić information content (AvgIpc) is 2.34. The minimum atomic E-state index is -0.385. The predicted octanol–water partition coefficient (Wildman–Crippen LogP) is 4.71. The molecule has 0 bridgehead atoms. The Bertz CT molecular complexity index is 584. The summed E-state index contributed by atoms with van der Waals surface area (Å²) in [6.07, 6.45) is 0. The third-order valence-electron chi connectivity index (χ3n) is 2.41. The van der Waals surface area contributed by atoms with Gasteiger partial charge in [0.1, 0.15) is 0 Å². The summed E-state index contributed by atoms with van der Waals surface area (Å²) < 4.78 is 0. The molecule has 92 valence electrons. The van der Waals surface area contributed by atoms with Crippen molar-refractivity contribution in [3.63, 3.8) is 0 Å². The van der Waals surface area contributed by atoms with E-state index < -0.39 is 0 Å². The molecule has 0 aliphatic rings. The Morgan fingerprint density at radius 3 is 2.39 bits per heavy atom. The first-order valence-electron chi connectivity index (χ1n) is 5.25. The van der Waals surface area contributed by atoms with Crippen LogP contribution in [0.2, 0.25) is 5.02 Å². The Morgan fingerprint density at radius 2 is 1.83 bits per heavy atom. The van der Waals surface area contributed by atoms with Crippen LogP contribution in [-0.4, -0.2) is 4.92 Å². The van der Waals surface area contributed by atoms with E-state index in [1.165, 1.54) is 6.07 Å². The zero-order valence-electron chi connectivity index (χ0n) is 9.59. The summed E-state index contributed by atoms with van der Waals surface area (Å²) in [5.74, 6) is 0. The maximum Gasteiger partial charge on any atom is 0.269 e. The van der Waals surface area contributed by atoms with E-state index in [1.807, 2.05) is 31.2 Å². The number of halogens is 1. The highest BCUT2D eigenvalue weighted by Gasteiger charge is 2.08. The molecule has 0 radical (unpaired) electrons. The molecule has 3 nitrogen and oxygen atoms in total. The summed E-state index contributed by atoms with van der Waals surface area (Å²) in [7, 11) is 0. The fraction of sp³-hybridized carbons (Fsp3) is 0.0769. The van der Waals surface area contributed by atoms with Gasteiger partial charge in [0.2, 0.25) is 0 Å². The molecule has 0 aliphatic carbocycles. The predicted molar refractivity (Wildman–Crippen MR) is 73.4 cm³/mol. The first-order valence-corrected chi connectivity index (χ1v) is 6.44. The van der Waals surface area contributed by atoms with Gasteiger partial charge in [0, 0.05) is 26.9 Å². The molecule has 0 atom stereocenters. The number of non-ortho nitro benzene ring substituents is 1. The number of nitro groups is 1. The highest BCUT2D eigenvalue weighted by Crippen LogP contribution is 2.32. The lowest BCUT2D eigenvalue weighted by molar-refractivity contribution is -0.385. The molecule has 0 saturated carbocycles. The summed E-state index contributed by atoms with van der Waals surface area (Å²) >= 11 is 7.38. The van der Waals surface area contributed by atoms with Gasteiger partial charge in [-0.05, 0) is 42.8 Å². The molecule has 0 aromatic heterocycles. The van der Waals surface area contributed by atoms with Crippen LogP contribution in [0.5, 0.6) is 0 Å². The minimum Gasteiger partial charge on any atom is -0.258 e. The molecule has 5 heteroatoms. The first-order chi connectivity index (χ1) is 8.56. The standard InChI is InChI=1S/C13H10ClNO2S/c1-9-8-11(15(16)17)4-7-13(9)18-12-5-2-10(14)3-6-12/h2-8H,1H3. The number of nitrogens with zero attached hydrogens (tertiary/aromatic N) is 1. The van der Waals surface area contributed by atoms with Crippen molar-refractivity contribution >= 4 is 29.1 Å². The summed E-state index contributed by atoms with van der Waals surface area (Å²) in [6, 6.07) is 12.4. The molecular weight excluding hydrogens is 270 g/mol. The van der Waals surface area contributed by atoms with Crippen LogP contribution in [0, 0.1) is 17.0 Å². The maximum atomic E-state index is 10.6. The molecular formula is C13H10ClNO2S. The molecule has 0 amide bonds. The van der Waals surface area contributed by atoms with Gasteiger partial charge < -0.3 is 0 Å². The van der Waals surface area contributed by atoms with Gasteiger partial charge in [-0.15, -0.1) is 0 Å². The fourth-order valence-electron chi connectivity index (χ4n) is 1.49. The number of aryl methyl sites for hydroxylation is 1. The van der Waals surface area contributed by atoms with E-state index in [4.69, 9.17) is 11.6 Å². The average molecular weight is 280 g/mol. The van der Waals surface area contributed by atoms with Gasteiger partial charge in [0.15, 0.2) is 0 Å². The van der Waals surface area contributed by atoms with Crippen molar-refractivity contribution in [2.24, 2.45) is 0 Å². The van der Waals surface area contributed by atoms with E-state index in [0.29, 0.717) is 5.02 Å². The fourth-order valence-corrected chi connectivity index (χ4v) is 2.50. The lowest BCUT2D eigenvalue weighted by Gasteiger charge is -2.05. The van der Waals surface area contributed by atoms with Crippen molar-refractivity contribution < 1.29 is 4.92 Å². The Labute approximate surface area is 114 Å². The summed E-state index contributed by atoms with van der Waals surface area (Å²) in [5, 5.41) is 11.3. The summed E-state index contributed by atoms with van der Waals surface area (Å²) in [5.41, 5.74) is 1.01. The van der Waals surface area contributed by atoms with Crippen LogP contribution in [0.25, 0.3) is 0 Å². The Balaban J connectivity index is 2.24. The summed E-state index contributed by atoms with van der Waals surface area (Å²) in [6.45, 7) is 1.87. The highest BCUT2D eigenvalue weighted by atomic mass is 35.5. The number of hydrogen-bond acceptors (Lipinski definition) is 3. The molecule has 2 aromatic rings. The van der Waals surface area contributed by atoms with Gasteiger partial charge in [0.05, 0.1) is 4.92 Å². The molecule has 0 heterocycles. The van der Waals surface area contributed by atoms with Gasteiger partial charge in [0.25, 0.3) is 5.69 Å². The third-order valence-corrected chi connectivity index (χ3v) is 3.85. The van der Waals surface area contributed by atoms with Crippen molar-refractivity contribution in [1.82, 2.24) is 0 Å². The van der Waals surface area contributed by atoms with Crippen molar-refractivity contribution in [3.8, 4) is 0 Å². The smallest absolute Gasteiger partial charge is 0.258 e. The van der Waals surface area contributed by atoms with Crippen molar-refractivity contribution in [1.29, 1.82) is 0 Å². The lowest BCUT2D eigenvalue weighted by atomic mass is 10.2. The van der Waals surface area contributed by atoms with E-state index in [1.54, 1.807) is 23.9 Å². The number of rotatable bonds is 3. The number of hydrogen-bond donors (Lipinski definition) is 0. The molecule has 0 aliphatic heterocycles. The molecule has 0 saturated heterocycles. The normalized spacial score (nSPS) is 10.3. The van der Waals surface area contributed by atoms with Gasteiger partial charge in [-0.25, -0.2) is 0 Å². The second kappa shape index (κ2) is 5.42. The van der Waals surface area contributed by atoms with E-state index in [-0.39, 0.29) is 10.6 Å². The molecule has 2 aromatic carbocycles. The number of nitro benzene ring substituents is 1. The van der Waals surface area contributed by atoms with E-state index in [2.05, 4.69) is 0 Å². The van der Waals surface area contributed by atoms with Crippen molar-refractivity contribution in [2.75, 3.05) is 0 Å². The van der Waals surface area contributed by atoms with E-state index >= 15 is 0 Å². The van der Waals surface area contributed by atoms with Crippen LogP contribution in [0.15, 0.2) is 52.3 Å². The Morgan fingerprint density at radius 1 is 1.17 bits per heavy atom. The molecule has 0 N–H and O–H groups in total. The van der Waals surface area contributed by atoms with Crippen LogP contribution >= 0.6 is 23.4 Å². The van der Waals surface area contributed by atoms with Crippen LogP contribution in [-0.2, 0) is 0 Å². The topological polar surface area (TPSA) is 43.1 Å². The monoisotopic (exact) mass is 279 g/mol. The van der Waals surface area contributed by atoms with Crippen molar-refractivity contribution in [2.45, 2.75) is 16.7 Å². The molecule has 0 unspecified atom stereocenters. The second-order valence-corrected chi connectivity index (χ2v) is 5.31. The largest absolute Gasteiger partial charge is 0.269 e. The molecule has 18 heavy (non-hydrogen) atoms. The van der Waals surface area contributed by atoms with Gasteiger partial charge in [-0.3, -0.25) is 10.1 Å². The Hall–Kier alpha value is -1.52. The van der Waals surface area contributed by atoms with Gasteiger partial charge >= 0.3 is 0 Å². The first kappa shape index (κ1) is 12.9. The zero-order chi connectivity index (χ0) is 13.1. The van der Waals surface area contributed by atoms with Crippen LogP contribution in [0.3, 0.4) is 0 Å². The third kappa shape index (κ3) is 3.03. The van der Waals surface area contributed by atoms with E-state index in [0.717, 1.165) is 15.4 Å². The lowest BCUT2D eigenvalue weighted by Crippen LogP contribution is -1.89. The van der Waals surface area contributed by atoms with E-state index in [9.17, 15) is 10.1 Å². The van der Waals surface area contributed by atoms with Gasteiger partial charge in [-0.1, -0.05) is 23.4 Å². The second-order valence-electron chi connectivity index (χ2n) is 3.76. The quantitative estimate of drug-likeness (QED) is 0.604. The zero-order valence-corrected chi connectivity index (χ0v) is 11.2. The van der Waals surface area contributed by atoms with Crippen LogP contribution < -0.4 is 0 Å². The highest BCUT2D eigenvalue weighted by molar-refractivity contribution is 7.99. The van der Waals surface area contributed by atoms with Crippen molar-refractivity contribution in [3.05, 3.63) is 63.2 Å². The maximum absolute atomic E-state index is 10.6. The summed E-state index contributed by atoms with van der Waals surface area (Å²) in [4.78, 5) is 12.3. The minimum absolute atomic E-state index is 0.118. The SMILES string of the molecule is Cc1cc([N+](=O)[O-])ccc1Sc1ccc(Cl)cc1. The molecule has 2 rings (SSSR count).